The number of nitrogens with zero attached hydrogens (tertiary/aromatic N) is 5. The zero-order chi connectivity index (χ0) is 26.0. The molecule has 3 heterocycles. The maximum Gasteiger partial charge on any atom is 0.232 e. The molecule has 9 nitrogen and oxygen atoms in total. The van der Waals surface area contributed by atoms with E-state index in [0.29, 0.717) is 18.2 Å². The van der Waals surface area contributed by atoms with Crippen molar-refractivity contribution in [2.75, 3.05) is 43.1 Å². The van der Waals surface area contributed by atoms with Gasteiger partial charge in [0.1, 0.15) is 17.5 Å². The van der Waals surface area contributed by atoms with Crippen molar-refractivity contribution >= 4 is 38.4 Å². The number of benzene rings is 2. The van der Waals surface area contributed by atoms with Gasteiger partial charge in [0.2, 0.25) is 16.0 Å². The van der Waals surface area contributed by atoms with Gasteiger partial charge in [0.15, 0.2) is 0 Å². The average molecular weight is 521 g/mol. The molecule has 37 heavy (non-hydrogen) atoms. The largest absolute Gasteiger partial charge is 0.490 e. The van der Waals surface area contributed by atoms with Crippen LogP contribution in [0.3, 0.4) is 0 Å². The first-order valence-electron chi connectivity index (χ1n) is 12.3. The molecule has 1 aliphatic rings. The lowest BCUT2D eigenvalue weighted by molar-refractivity contribution is 0.114. The van der Waals surface area contributed by atoms with Gasteiger partial charge in [-0.15, -0.1) is 0 Å². The molecule has 2 aromatic carbocycles. The summed E-state index contributed by atoms with van der Waals surface area (Å²) < 4.78 is 33.7. The minimum Gasteiger partial charge on any atom is -0.490 e. The number of nitrogens with one attached hydrogen (secondary N) is 1. The van der Waals surface area contributed by atoms with E-state index in [9.17, 15) is 8.42 Å². The van der Waals surface area contributed by atoms with Crippen molar-refractivity contribution in [3.8, 4) is 5.75 Å². The van der Waals surface area contributed by atoms with Gasteiger partial charge in [0.25, 0.3) is 0 Å². The zero-order valence-corrected chi connectivity index (χ0v) is 22.1. The number of piperidine rings is 1. The van der Waals surface area contributed by atoms with Crippen LogP contribution in [0.2, 0.25) is 0 Å². The summed E-state index contributed by atoms with van der Waals surface area (Å²) >= 11 is 0. The van der Waals surface area contributed by atoms with Gasteiger partial charge >= 0.3 is 0 Å². The van der Waals surface area contributed by atoms with Gasteiger partial charge in [-0.05, 0) is 61.9 Å². The summed E-state index contributed by atoms with van der Waals surface area (Å²) in [5, 5.41) is 4.18. The lowest BCUT2D eigenvalue weighted by Crippen LogP contribution is -2.35. The Kier molecular flexibility index (Phi) is 7.03. The second-order valence-corrected chi connectivity index (χ2v) is 11.6. The first-order valence-corrected chi connectivity index (χ1v) is 14.2. The number of likely N-dealkylation sites (tertiary alicyclic amines) is 1. The summed E-state index contributed by atoms with van der Waals surface area (Å²) in [4.78, 5) is 11.5. The van der Waals surface area contributed by atoms with Crippen molar-refractivity contribution in [2.45, 2.75) is 25.5 Å². The second kappa shape index (κ2) is 10.4. The maximum absolute atomic E-state index is 12.1. The van der Waals surface area contributed by atoms with Gasteiger partial charge in [-0.1, -0.05) is 18.2 Å². The summed E-state index contributed by atoms with van der Waals surface area (Å²) in [6.07, 6.45) is 7.27. The minimum absolute atomic E-state index is 0.260. The molecule has 1 aliphatic heterocycles. The van der Waals surface area contributed by atoms with E-state index in [1.54, 1.807) is 13.2 Å². The number of rotatable bonds is 8. The van der Waals surface area contributed by atoms with Gasteiger partial charge in [-0.25, -0.2) is 13.4 Å². The zero-order valence-electron chi connectivity index (χ0n) is 21.3. The monoisotopic (exact) mass is 520 g/mol. The SMILES string of the molecule is CN1CCC(Oc2ccc(Nc3ncc4ccn(Cc5ccccc5N(C)S(C)(=O)=O)c4n3)cc2)CC1. The molecule has 0 radical (unpaired) electrons. The van der Waals surface area contributed by atoms with E-state index in [1.807, 2.05) is 65.4 Å². The Labute approximate surface area is 217 Å². The second-order valence-electron chi connectivity index (χ2n) is 9.55. The van der Waals surface area contributed by atoms with E-state index in [0.717, 1.165) is 54.0 Å². The highest BCUT2D eigenvalue weighted by Gasteiger charge is 2.18. The Morgan fingerprint density at radius 3 is 2.54 bits per heavy atom. The van der Waals surface area contributed by atoms with Crippen LogP contribution in [0.1, 0.15) is 18.4 Å². The molecule has 0 bridgehead atoms. The van der Waals surface area contributed by atoms with E-state index < -0.39 is 10.0 Å². The molecule has 0 amide bonds. The Balaban J connectivity index is 1.31. The number of fused-ring (bicyclic) bond motifs is 1. The summed E-state index contributed by atoms with van der Waals surface area (Å²) in [6.45, 7) is 2.59. The first kappa shape index (κ1) is 25.0. The van der Waals surface area contributed by atoms with Crippen LogP contribution in [0.15, 0.2) is 67.0 Å². The normalized spacial score (nSPS) is 15.1. The number of sulfonamides is 1. The van der Waals surface area contributed by atoms with Crippen molar-refractivity contribution in [2.24, 2.45) is 0 Å². The number of hydrogen-bond acceptors (Lipinski definition) is 7. The molecule has 1 N–H and O–H groups in total. The van der Waals surface area contributed by atoms with Gasteiger partial charge in [0, 0.05) is 43.6 Å². The number of hydrogen-bond donors (Lipinski definition) is 1. The van der Waals surface area contributed by atoms with Gasteiger partial charge < -0.3 is 19.5 Å². The average Bonchev–Trinajstić information content (AvgIpc) is 3.28. The lowest BCUT2D eigenvalue weighted by atomic mass is 10.1. The topological polar surface area (TPSA) is 92.6 Å². The highest BCUT2D eigenvalue weighted by molar-refractivity contribution is 7.92. The van der Waals surface area contributed by atoms with E-state index in [2.05, 4.69) is 22.2 Å². The standard InChI is InChI=1S/C27H32N6O3S/c1-31-15-13-24(14-16-31)36-23-10-8-22(9-11-23)29-27-28-18-20-12-17-33(26(20)30-27)19-21-6-4-5-7-25(21)32(2)37(3,34)35/h4-12,17-18,24H,13-16,19H2,1-3H3,(H,28,29,30). The van der Waals surface area contributed by atoms with Crippen LogP contribution in [-0.4, -0.2) is 67.4 Å². The van der Waals surface area contributed by atoms with Gasteiger partial charge in [0.05, 0.1) is 18.5 Å². The fourth-order valence-corrected chi connectivity index (χ4v) is 5.05. The summed E-state index contributed by atoms with van der Waals surface area (Å²) in [7, 11) is 0.331. The van der Waals surface area contributed by atoms with Crippen LogP contribution in [0.25, 0.3) is 11.0 Å². The highest BCUT2D eigenvalue weighted by Crippen LogP contribution is 2.26. The number of para-hydroxylation sites is 1. The highest BCUT2D eigenvalue weighted by atomic mass is 32.2. The third kappa shape index (κ3) is 5.86. The quantitative estimate of drug-likeness (QED) is 0.374. The number of aromatic nitrogens is 3. The van der Waals surface area contributed by atoms with Crippen molar-refractivity contribution in [3.63, 3.8) is 0 Å². The van der Waals surface area contributed by atoms with Crippen LogP contribution < -0.4 is 14.4 Å². The Morgan fingerprint density at radius 2 is 1.81 bits per heavy atom. The molecule has 194 valence electrons. The van der Waals surface area contributed by atoms with Gasteiger partial charge in [-0.3, -0.25) is 4.31 Å². The Bertz CT molecular complexity index is 1480. The molecule has 1 fully saturated rings. The third-order valence-corrected chi connectivity index (χ3v) is 7.94. The third-order valence-electron chi connectivity index (χ3n) is 6.75. The summed E-state index contributed by atoms with van der Waals surface area (Å²) in [5.41, 5.74) is 3.15. The van der Waals surface area contributed by atoms with E-state index in [1.165, 1.54) is 10.6 Å². The fourth-order valence-electron chi connectivity index (χ4n) is 4.51. The molecule has 2 aromatic heterocycles. The minimum atomic E-state index is -3.38. The molecule has 10 heteroatoms. The van der Waals surface area contributed by atoms with E-state index in [4.69, 9.17) is 9.72 Å². The first-order chi connectivity index (χ1) is 17.8. The van der Waals surface area contributed by atoms with Crippen LogP contribution in [-0.2, 0) is 16.6 Å². The predicted octanol–water partition coefficient (Wildman–Crippen LogP) is 4.09. The molecular formula is C27H32N6O3S. The molecule has 0 aliphatic carbocycles. The molecule has 0 atom stereocenters. The summed E-state index contributed by atoms with van der Waals surface area (Å²) in [6, 6.07) is 17.3. The lowest BCUT2D eigenvalue weighted by Gasteiger charge is -2.29. The van der Waals surface area contributed by atoms with E-state index >= 15 is 0 Å². The van der Waals surface area contributed by atoms with Crippen molar-refractivity contribution in [1.82, 2.24) is 19.4 Å². The number of anilines is 3. The molecule has 0 saturated carbocycles. The van der Waals surface area contributed by atoms with Crippen LogP contribution in [0.5, 0.6) is 5.75 Å². The van der Waals surface area contributed by atoms with Crippen molar-refractivity contribution < 1.29 is 13.2 Å². The van der Waals surface area contributed by atoms with Crippen LogP contribution in [0, 0.1) is 0 Å². The molecular weight excluding hydrogens is 488 g/mol. The number of ether oxygens (including phenoxy) is 1. The van der Waals surface area contributed by atoms with Crippen molar-refractivity contribution in [1.29, 1.82) is 0 Å². The van der Waals surface area contributed by atoms with Gasteiger partial charge in [-0.2, -0.15) is 4.98 Å². The molecule has 0 spiro atoms. The van der Waals surface area contributed by atoms with Crippen LogP contribution >= 0.6 is 0 Å². The molecule has 0 unspecified atom stereocenters. The molecule has 1 saturated heterocycles. The van der Waals surface area contributed by atoms with Crippen LogP contribution in [0.4, 0.5) is 17.3 Å². The maximum atomic E-state index is 12.1. The Hall–Kier alpha value is -3.63. The smallest absolute Gasteiger partial charge is 0.232 e. The molecule has 4 aromatic rings. The van der Waals surface area contributed by atoms with Crippen molar-refractivity contribution in [3.05, 3.63) is 72.6 Å². The summed E-state index contributed by atoms with van der Waals surface area (Å²) in [5.74, 6) is 1.35. The van der Waals surface area contributed by atoms with E-state index in [-0.39, 0.29) is 6.10 Å². The molecule has 5 rings (SSSR count). The predicted molar refractivity (Wildman–Crippen MR) is 147 cm³/mol. The fraction of sp³-hybridized carbons (Fsp3) is 0.333. The Morgan fingerprint density at radius 1 is 1.08 bits per heavy atom.